The zero-order valence-corrected chi connectivity index (χ0v) is 12.7. The van der Waals surface area contributed by atoms with Crippen molar-refractivity contribution >= 4 is 8.93 Å². The molecule has 0 radical (unpaired) electrons. The van der Waals surface area contributed by atoms with E-state index in [1.54, 1.807) is 0 Å². The fraction of sp³-hybridized carbons (Fsp3) is 0.500. The third kappa shape index (κ3) is 7.43. The third-order valence-electron chi connectivity index (χ3n) is 1.32. The van der Waals surface area contributed by atoms with Crippen LogP contribution in [0.2, 0.25) is 0 Å². The first-order chi connectivity index (χ1) is 5.85. The van der Waals surface area contributed by atoms with Gasteiger partial charge in [-0.3, -0.25) is 0 Å². The molecule has 12 heavy (non-hydrogen) atoms. The van der Waals surface area contributed by atoms with Gasteiger partial charge >= 0.3 is 96.7 Å². The van der Waals surface area contributed by atoms with Crippen LogP contribution in [0.1, 0.15) is 0 Å². The Labute approximate surface area is 96.2 Å². The van der Waals surface area contributed by atoms with E-state index in [4.69, 9.17) is 6.58 Å². The maximum atomic E-state index is 4.87. The van der Waals surface area contributed by atoms with E-state index in [9.17, 15) is 0 Å². The van der Waals surface area contributed by atoms with Crippen LogP contribution in [0, 0.1) is 6.58 Å². The average Bonchev–Trinajstić information content (AvgIpc) is 2.19. The Morgan fingerprint density at radius 2 is 1.92 bits per heavy atom. The van der Waals surface area contributed by atoms with Gasteiger partial charge in [-0.25, -0.2) is 0 Å². The molecule has 0 aliphatic carbocycles. The van der Waals surface area contributed by atoms with E-state index in [1.165, 1.54) is 44.8 Å². The quantitative estimate of drug-likeness (QED) is 0.507. The summed E-state index contributed by atoms with van der Waals surface area (Å²) < 4.78 is 5.04. The Morgan fingerprint density at radius 3 is 2.17 bits per heavy atom. The van der Waals surface area contributed by atoms with E-state index in [-0.39, 0.29) is 0 Å². The molecule has 2 nitrogen and oxygen atoms in total. The van der Waals surface area contributed by atoms with Crippen LogP contribution >= 0.6 is 0 Å². The zero-order valence-electron chi connectivity index (χ0n) is 6.82. The first-order valence-corrected chi connectivity index (χ1v) is 6.83. The molecular weight excluding hydrogens is 492 g/mol. The first-order valence-electron chi connectivity index (χ1n) is 3.67. The van der Waals surface area contributed by atoms with Gasteiger partial charge in [0, 0.05) is 0 Å². The molecule has 0 aromatic rings. The summed E-state index contributed by atoms with van der Waals surface area (Å²) in [6, 6.07) is 0. The molecule has 0 bridgehead atoms. The SMILES string of the molecule is [CH-]=C[CH]=[W].[W]=[C-]N1CCNCC1. The molecule has 1 fully saturated rings. The van der Waals surface area contributed by atoms with Gasteiger partial charge in [0.2, 0.25) is 0 Å². The van der Waals surface area contributed by atoms with Crippen LogP contribution in [0.5, 0.6) is 0 Å². The predicted octanol–water partition coefficient (Wildman–Crippen LogP) is -0.600. The molecule has 0 aromatic carbocycles. The van der Waals surface area contributed by atoms with Gasteiger partial charge in [0.25, 0.3) is 0 Å². The van der Waals surface area contributed by atoms with E-state index in [0.717, 1.165) is 26.2 Å². The minimum atomic E-state index is 1.13. The van der Waals surface area contributed by atoms with Gasteiger partial charge in [0.1, 0.15) is 0 Å². The molecule has 1 aliphatic heterocycles. The summed E-state index contributed by atoms with van der Waals surface area (Å²) >= 11 is 2.83. The van der Waals surface area contributed by atoms with E-state index in [2.05, 4.69) is 14.7 Å². The van der Waals surface area contributed by atoms with Crippen LogP contribution in [-0.4, -0.2) is 40.0 Å². The van der Waals surface area contributed by atoms with Crippen LogP contribution in [0.4, 0.5) is 0 Å². The molecule has 1 heterocycles. The summed E-state index contributed by atoms with van der Waals surface area (Å²) in [6.45, 7) is 9.40. The normalized spacial score (nSPS) is 17.0. The van der Waals surface area contributed by atoms with Crippen molar-refractivity contribution in [3.63, 3.8) is 0 Å². The topological polar surface area (TPSA) is 15.3 Å². The molecule has 1 N–H and O–H groups in total. The summed E-state index contributed by atoms with van der Waals surface area (Å²) in [7, 11) is 0. The Kier molecular flexibility index (Phi) is 10.5. The first kappa shape index (κ1) is 12.8. The Bertz CT molecular complexity index is 136. The van der Waals surface area contributed by atoms with Gasteiger partial charge in [0.05, 0.1) is 0 Å². The number of piperazine rings is 1. The Morgan fingerprint density at radius 1 is 1.42 bits per heavy atom. The van der Waals surface area contributed by atoms with Crippen molar-refractivity contribution in [2.45, 2.75) is 0 Å². The van der Waals surface area contributed by atoms with E-state index in [1.807, 2.05) is 4.40 Å². The second-order valence-electron chi connectivity index (χ2n) is 2.16. The van der Waals surface area contributed by atoms with Gasteiger partial charge in [-0.05, 0) is 0 Å². The fourth-order valence-electron chi connectivity index (χ4n) is 0.756. The van der Waals surface area contributed by atoms with E-state index >= 15 is 0 Å². The van der Waals surface area contributed by atoms with Crippen molar-refractivity contribution in [3.8, 4) is 0 Å². The minimum absolute atomic E-state index is 1.13. The average molecular weight is 504 g/mol. The van der Waals surface area contributed by atoms with Crippen LogP contribution in [0.25, 0.3) is 0 Å². The van der Waals surface area contributed by atoms with Crippen molar-refractivity contribution < 1.29 is 38.7 Å². The molecule has 0 atom stereocenters. The van der Waals surface area contributed by atoms with Gasteiger partial charge in [-0.2, -0.15) is 0 Å². The molecular formula is C8H12N2W2-2. The molecule has 1 aliphatic rings. The molecule has 68 valence electrons. The summed E-state index contributed by atoms with van der Waals surface area (Å²) in [5, 5.41) is 3.28. The van der Waals surface area contributed by atoms with Crippen LogP contribution in [-0.2, 0) is 38.7 Å². The molecule has 0 spiro atoms. The van der Waals surface area contributed by atoms with Gasteiger partial charge in [-0.15, -0.1) is 0 Å². The van der Waals surface area contributed by atoms with Gasteiger partial charge < -0.3 is 0 Å². The van der Waals surface area contributed by atoms with Gasteiger partial charge in [-0.1, -0.05) is 0 Å². The number of hydrogen-bond donors (Lipinski definition) is 1. The van der Waals surface area contributed by atoms with Crippen LogP contribution in [0.3, 0.4) is 0 Å². The second-order valence-corrected chi connectivity index (χ2v) is 3.79. The Hall–Kier alpha value is 0.777. The molecule has 0 unspecified atom stereocenters. The molecule has 4 heteroatoms. The van der Waals surface area contributed by atoms with Crippen molar-refractivity contribution in [2.75, 3.05) is 26.2 Å². The zero-order chi connectivity index (χ0) is 9.23. The summed E-state index contributed by atoms with van der Waals surface area (Å²) in [5.41, 5.74) is 0. The monoisotopic (exact) mass is 504 g/mol. The van der Waals surface area contributed by atoms with Crippen LogP contribution in [0.15, 0.2) is 6.08 Å². The molecule has 0 aromatic heterocycles. The maximum absolute atomic E-state index is 4.87. The second kappa shape index (κ2) is 9.86. The van der Waals surface area contributed by atoms with E-state index in [0.29, 0.717) is 0 Å². The fourth-order valence-corrected chi connectivity index (χ4v) is 1.41. The number of nitrogens with zero attached hydrogens (tertiary/aromatic N) is 1. The van der Waals surface area contributed by atoms with Crippen molar-refractivity contribution in [1.82, 2.24) is 10.2 Å². The molecule has 1 saturated heterocycles. The summed E-state index contributed by atoms with van der Waals surface area (Å²) in [4.78, 5) is 2.24. The molecule has 0 amide bonds. The number of allylic oxidation sites excluding steroid dienone is 1. The van der Waals surface area contributed by atoms with E-state index < -0.39 is 0 Å². The predicted molar refractivity (Wildman–Crippen MR) is 44.4 cm³/mol. The summed E-state index contributed by atoms with van der Waals surface area (Å²) in [6.07, 6.45) is 1.54. The third-order valence-corrected chi connectivity index (χ3v) is 2.82. The van der Waals surface area contributed by atoms with Gasteiger partial charge in [0.15, 0.2) is 0 Å². The standard InChI is InChI=1S/C5H9N2.C3H3.2W/c1-7-4-2-6-3-5-7;1-3-2;;/h6H,2-5H2;1-3H;;/q2*-1;;. The Balaban J connectivity index is 0.000000261. The van der Waals surface area contributed by atoms with Crippen molar-refractivity contribution in [3.05, 3.63) is 12.7 Å². The van der Waals surface area contributed by atoms with Crippen molar-refractivity contribution in [2.24, 2.45) is 0 Å². The van der Waals surface area contributed by atoms with Crippen molar-refractivity contribution in [1.29, 1.82) is 0 Å². The molecule has 1 rings (SSSR count). The number of rotatable bonds is 2. The van der Waals surface area contributed by atoms with Crippen LogP contribution < -0.4 is 5.32 Å². The number of hydrogen-bond acceptors (Lipinski definition) is 2. The number of nitrogens with one attached hydrogen (secondary N) is 1. The summed E-state index contributed by atoms with van der Waals surface area (Å²) in [5.74, 6) is 0. The molecule has 0 saturated carbocycles.